The van der Waals surface area contributed by atoms with Gasteiger partial charge < -0.3 is 50.0 Å². The molecule has 1 saturated heterocycles. The third kappa shape index (κ3) is 24.9. The second kappa shape index (κ2) is 46.1. The number of carbonyl (C=O) groups excluding carboxylic acids is 4. The smallest absolute Gasteiger partial charge is 0.333 e. The van der Waals surface area contributed by atoms with Gasteiger partial charge in [-0.15, -0.1) is 0 Å². The van der Waals surface area contributed by atoms with E-state index in [1.54, 1.807) is 107 Å². The van der Waals surface area contributed by atoms with Crippen LogP contribution in [0, 0.1) is 0 Å². The van der Waals surface area contributed by atoms with Crippen LogP contribution in [0.1, 0.15) is 223 Å². The molecule has 0 radical (unpaired) electrons. The Balaban J connectivity index is 0.000000147. The summed E-state index contributed by atoms with van der Waals surface area (Å²) in [7, 11) is -0.882. The summed E-state index contributed by atoms with van der Waals surface area (Å²) in [5.41, 5.74) is 20.6. The molecule has 782 valence electrons. The number of benzene rings is 4. The zero-order valence-electron chi connectivity index (χ0n) is 86.0. The van der Waals surface area contributed by atoms with Crippen LogP contribution in [0.2, 0.25) is 0 Å². The largest absolute Gasteiger partial charge is 0.481 e. The number of methoxy groups -OCH3 is 4. The van der Waals surface area contributed by atoms with Gasteiger partial charge in [0, 0.05) is 126 Å². The molecular weight excluding hydrogens is 1960 g/mol. The summed E-state index contributed by atoms with van der Waals surface area (Å²) in [6, 6.07) is 33.5. The fraction of sp³-hybridized carbons (Fsp3) is 0.423. The molecule has 0 bridgehead atoms. The highest BCUT2D eigenvalue weighted by Gasteiger charge is 2.37. The van der Waals surface area contributed by atoms with E-state index in [2.05, 4.69) is 110 Å². The van der Waals surface area contributed by atoms with Gasteiger partial charge in [-0.1, -0.05) is 68.8 Å². The molecule has 43 heteroatoms. The summed E-state index contributed by atoms with van der Waals surface area (Å²) in [6.45, 7) is 17.2. The summed E-state index contributed by atoms with van der Waals surface area (Å²) in [6.07, 6.45) is 23.6. The number of rotatable bonds is 32. The van der Waals surface area contributed by atoms with Crippen molar-refractivity contribution in [3.05, 3.63) is 213 Å². The molecule has 1 saturated carbocycles. The lowest BCUT2D eigenvalue weighted by Gasteiger charge is -2.24. The van der Waals surface area contributed by atoms with Gasteiger partial charge >= 0.3 is 24.1 Å². The molecule has 147 heavy (non-hydrogen) atoms. The number of aryl methyl sites for hydroxylation is 5. The van der Waals surface area contributed by atoms with E-state index < -0.39 is 64.2 Å². The van der Waals surface area contributed by atoms with E-state index in [0.29, 0.717) is 52.8 Å². The zero-order chi connectivity index (χ0) is 105. The van der Waals surface area contributed by atoms with E-state index >= 15 is 0 Å². The number of pyridine rings is 4. The summed E-state index contributed by atoms with van der Waals surface area (Å²) in [5.74, 6) is 1.79. The Kier molecular flexibility index (Phi) is 33.7. The number of ether oxygens (including phenoxy) is 4. The van der Waals surface area contributed by atoms with Gasteiger partial charge in [-0.05, 0) is 290 Å². The average molecular weight is 2090 g/mol. The van der Waals surface area contributed by atoms with Crippen LogP contribution in [0.5, 0.6) is 23.5 Å². The molecule has 0 spiro atoms. The maximum Gasteiger partial charge on any atom is 0.333 e. The van der Waals surface area contributed by atoms with Gasteiger partial charge in [0.25, 0.3) is 40.1 Å². The Labute approximate surface area is 859 Å². The van der Waals surface area contributed by atoms with E-state index in [4.69, 9.17) is 18.9 Å². The van der Waals surface area contributed by atoms with E-state index in [1.165, 1.54) is 13.2 Å². The minimum atomic E-state index is -4.23. The lowest BCUT2D eigenvalue weighted by molar-refractivity contribution is 0.255. The first-order chi connectivity index (χ1) is 70.2. The third-order valence-corrected chi connectivity index (χ3v) is 31.6. The predicted molar refractivity (Wildman–Crippen MR) is 561 cm³/mol. The summed E-state index contributed by atoms with van der Waals surface area (Å²) < 4.78 is 142. The minimum Gasteiger partial charge on any atom is -0.481 e. The number of hydrogen-bond donors (Lipinski definition) is 8. The Morgan fingerprint density at radius 1 is 0.401 bits per heavy atom. The first-order valence-electron chi connectivity index (χ1n) is 49.5. The fourth-order valence-corrected chi connectivity index (χ4v) is 23.2. The van der Waals surface area contributed by atoms with Crippen molar-refractivity contribution in [2.45, 2.75) is 240 Å². The summed E-state index contributed by atoms with van der Waals surface area (Å²) >= 11 is 0. The number of fused-ring (bicyclic) bond motifs is 4. The number of anilines is 4. The van der Waals surface area contributed by atoms with Crippen molar-refractivity contribution in [3.63, 3.8) is 0 Å². The normalized spacial score (nSPS) is 15.0. The molecule has 2 fully saturated rings. The van der Waals surface area contributed by atoms with Gasteiger partial charge in [-0.25, -0.2) is 58.0 Å². The zero-order valence-corrected chi connectivity index (χ0v) is 89.3. The van der Waals surface area contributed by atoms with Gasteiger partial charge in [-0.3, -0.25) is 23.6 Å². The monoisotopic (exact) mass is 2090 g/mol. The van der Waals surface area contributed by atoms with Crippen LogP contribution < -0.4 is 59.1 Å². The van der Waals surface area contributed by atoms with Crippen molar-refractivity contribution >= 4 is 87.0 Å². The molecule has 39 nitrogen and oxygen atoms in total. The second-order valence-corrected chi connectivity index (χ2v) is 45.1. The standard InChI is InChI=1S/C27H34N6O4S.C27H36N6O4S.C25H32N6O4S.C25H29N5O4S/c1-17(2)33-23(22-9-6-14-32(22)3)16-25(30-33)38(35,36)31-27(34)29-26-20-8-5-7-18(20)10-11-21(26)19-12-13-28-24(15-19)37-4;1-7-22(32(4)5)23-16-25(30-33(23)17(2)3)38(35,36)31-27(34)29-26-20-10-8-9-18(20)11-12-21(26)19-13-14-28-24(15-19)37-6;1-16(2)31-19(15-30(3)4)14-23(28-31)36(33,34)29-25(32)27-24-20-8-6-7-17(20)9-10-21(24)18-11-12-26-22(13-18)35-5;1-3-5-19-15-23(28-30(19)18-9-10-18)35(32,33)29-25(31)27-24-20-7-4-6-16(20)8-11-21(24)17-12-13-26-22(14-17)34-2/h10-13,15-17,22H,5-9,14H2,1-4H3,(H2,29,31,34);11-17,22H,7-10H2,1-6H3,(H2,29,31,34);9-14,16H,6-8,15H2,1-5H3,(H2,27,29,32);8,11-15,18H,3-7,9-10H2,1-2H3,(H2,27,29,31). The molecule has 8 N–H and O–H groups in total. The lowest BCUT2D eigenvalue weighted by atomic mass is 9.98. The van der Waals surface area contributed by atoms with Crippen LogP contribution in [0.4, 0.5) is 41.9 Å². The first kappa shape index (κ1) is 108. The average Bonchev–Trinajstić information content (AvgIpc) is 0.923. The SMILES string of the molecule is CCC(c1cc(S(=O)(=O)NC(=O)Nc2c(-c3ccnc(OC)c3)ccc3c2CCC3)nn1C(C)C)N(C)C.CCCc1cc(S(=O)(=O)NC(=O)Nc2c(-c3ccnc(OC)c3)ccc3c2CCC3)nn1C1CC1.COc1cc(-c2ccc3c(c2NC(=O)NS(=O)(=O)c2cc(C4CCCN4C)n(C(C)C)n2)CCC3)ccn1.COc1cc(-c2ccc3c(c2NC(=O)NS(=O)(=O)c2cc(CN(C)C)n(C(C)C)n2)CCC3)ccn1. The summed E-state index contributed by atoms with van der Waals surface area (Å²) in [5, 5.41) is 28.0. The molecule has 1 aliphatic heterocycles. The van der Waals surface area contributed by atoms with Crippen LogP contribution in [0.25, 0.3) is 44.5 Å². The molecule has 18 rings (SSSR count). The maximum atomic E-state index is 13.3. The molecule has 2 unspecified atom stereocenters. The highest BCUT2D eigenvalue weighted by Crippen LogP contribution is 2.45. The van der Waals surface area contributed by atoms with Crippen molar-refractivity contribution < 1.29 is 71.8 Å². The van der Waals surface area contributed by atoms with E-state index in [0.717, 1.165) is 240 Å². The number of likely N-dealkylation sites (tertiary alicyclic amines) is 1. The number of amides is 8. The Morgan fingerprint density at radius 2 is 0.735 bits per heavy atom. The Hall–Kier alpha value is -13.7. The summed E-state index contributed by atoms with van der Waals surface area (Å²) in [4.78, 5) is 75.1. The quantitative estimate of drug-likeness (QED) is 0.0194. The molecule has 8 aromatic heterocycles. The minimum absolute atomic E-state index is 0.0190. The molecule has 12 aromatic rings. The molecule has 6 aliphatic rings. The fourth-order valence-electron chi connectivity index (χ4n) is 19.7. The Morgan fingerprint density at radius 3 is 1.05 bits per heavy atom. The van der Waals surface area contributed by atoms with E-state index in [9.17, 15) is 52.8 Å². The molecule has 4 aromatic carbocycles. The van der Waals surface area contributed by atoms with Gasteiger partial charge in [0.15, 0.2) is 20.1 Å². The van der Waals surface area contributed by atoms with Gasteiger partial charge in [-0.2, -0.15) is 54.1 Å². The number of aromatic nitrogens is 12. The van der Waals surface area contributed by atoms with Gasteiger partial charge in [0.1, 0.15) is 0 Å². The number of hydrogen-bond acceptors (Lipinski definition) is 27. The van der Waals surface area contributed by atoms with Crippen molar-refractivity contribution in [2.75, 3.05) is 91.5 Å². The number of sulfonamides is 4. The van der Waals surface area contributed by atoms with Crippen LogP contribution in [-0.4, -0.2) is 202 Å². The number of carbonyl (C=O) groups is 4. The van der Waals surface area contributed by atoms with Crippen molar-refractivity contribution in [1.82, 2.24) is 92.6 Å². The van der Waals surface area contributed by atoms with Crippen LogP contribution in [0.15, 0.2) is 166 Å². The third-order valence-electron chi connectivity index (χ3n) is 26.7. The lowest BCUT2D eigenvalue weighted by Crippen LogP contribution is -2.35. The number of urea groups is 4. The van der Waals surface area contributed by atoms with E-state index in [1.807, 2.05) is 149 Å². The van der Waals surface area contributed by atoms with Crippen LogP contribution in [-0.2, 0) is 104 Å². The van der Waals surface area contributed by atoms with E-state index in [-0.39, 0.29) is 56.4 Å². The van der Waals surface area contributed by atoms with Crippen LogP contribution >= 0.6 is 0 Å². The van der Waals surface area contributed by atoms with Crippen LogP contribution in [0.3, 0.4) is 0 Å². The maximum absolute atomic E-state index is 13.3. The van der Waals surface area contributed by atoms with Crippen molar-refractivity contribution in [1.29, 1.82) is 0 Å². The van der Waals surface area contributed by atoms with Gasteiger partial charge in [0.05, 0.1) is 86.4 Å². The topological polar surface area (TPSA) is 471 Å². The predicted octanol–water partition coefficient (Wildman–Crippen LogP) is 16.7. The number of nitrogens with zero attached hydrogens (tertiary/aromatic N) is 15. The second-order valence-electron chi connectivity index (χ2n) is 38.6. The molecule has 8 amide bonds. The van der Waals surface area contributed by atoms with Gasteiger partial charge in [0.2, 0.25) is 23.5 Å². The molecular formula is C104H131N23O16S4. The highest BCUT2D eigenvalue weighted by molar-refractivity contribution is 7.90. The number of nitrogens with one attached hydrogen (secondary N) is 8. The highest BCUT2D eigenvalue weighted by atomic mass is 32.2. The van der Waals surface area contributed by atoms with Crippen molar-refractivity contribution in [3.8, 4) is 68.0 Å². The molecule has 9 heterocycles. The Bertz CT molecular complexity index is 7180. The van der Waals surface area contributed by atoms with Crippen molar-refractivity contribution in [2.24, 2.45) is 0 Å². The molecule has 5 aliphatic carbocycles. The molecule has 2 atom stereocenters. The first-order valence-corrected chi connectivity index (χ1v) is 55.5.